The molecule has 0 aliphatic heterocycles. The molecule has 1 aromatic heterocycles. The zero-order chi connectivity index (χ0) is 18.6. The summed E-state index contributed by atoms with van der Waals surface area (Å²) in [6, 6.07) is 25.2. The fourth-order valence-electron chi connectivity index (χ4n) is 3.54. The molecule has 0 aliphatic rings. The van der Waals surface area contributed by atoms with E-state index in [0.717, 1.165) is 24.3 Å². The standard InChI is InChI=1S/C23H22ClN3/c1-2-27(19-8-4-3-5-9-19)25-17-18-12-13-23-21(16-18)20-10-6-7-11-22(20)26(23)15-14-24/h3-13,16-17H,2,14-15H2,1H3. The molecular formula is C23H22ClN3. The first-order valence-electron chi connectivity index (χ1n) is 9.25. The first-order valence-corrected chi connectivity index (χ1v) is 9.79. The largest absolute Gasteiger partial charge is 0.339 e. The number of alkyl halides is 1. The number of para-hydroxylation sites is 2. The van der Waals surface area contributed by atoms with E-state index in [9.17, 15) is 0 Å². The van der Waals surface area contributed by atoms with E-state index in [4.69, 9.17) is 16.7 Å². The molecule has 4 rings (SSSR count). The second kappa shape index (κ2) is 7.85. The Hall–Kier alpha value is -2.78. The summed E-state index contributed by atoms with van der Waals surface area (Å²) < 4.78 is 2.29. The lowest BCUT2D eigenvalue weighted by molar-refractivity contribution is 0.834. The molecule has 3 aromatic carbocycles. The number of aryl methyl sites for hydroxylation is 1. The van der Waals surface area contributed by atoms with Crippen molar-refractivity contribution in [3.8, 4) is 0 Å². The van der Waals surface area contributed by atoms with Gasteiger partial charge in [-0.15, -0.1) is 11.6 Å². The van der Waals surface area contributed by atoms with Crippen molar-refractivity contribution in [2.45, 2.75) is 13.5 Å². The lowest BCUT2D eigenvalue weighted by atomic mass is 10.1. The molecule has 0 amide bonds. The average molecular weight is 376 g/mol. The molecule has 4 heteroatoms. The van der Waals surface area contributed by atoms with Crippen LogP contribution in [-0.2, 0) is 6.54 Å². The minimum atomic E-state index is 0.597. The first-order chi connectivity index (χ1) is 13.3. The Morgan fingerprint density at radius 3 is 2.44 bits per heavy atom. The highest BCUT2D eigenvalue weighted by Gasteiger charge is 2.10. The monoisotopic (exact) mass is 375 g/mol. The van der Waals surface area contributed by atoms with Crippen LogP contribution in [0.25, 0.3) is 21.8 Å². The van der Waals surface area contributed by atoms with Gasteiger partial charge in [0.15, 0.2) is 0 Å². The summed E-state index contributed by atoms with van der Waals surface area (Å²) in [6.07, 6.45) is 1.93. The predicted octanol–water partition coefficient (Wildman–Crippen LogP) is 5.89. The molecule has 0 unspecified atom stereocenters. The van der Waals surface area contributed by atoms with Gasteiger partial charge < -0.3 is 4.57 Å². The molecule has 3 nitrogen and oxygen atoms in total. The summed E-state index contributed by atoms with van der Waals surface area (Å²) in [7, 11) is 0. The van der Waals surface area contributed by atoms with Crippen molar-refractivity contribution < 1.29 is 0 Å². The number of hydrogen-bond acceptors (Lipinski definition) is 2. The van der Waals surface area contributed by atoms with Crippen LogP contribution < -0.4 is 5.01 Å². The Balaban J connectivity index is 1.74. The topological polar surface area (TPSA) is 20.5 Å². The zero-order valence-corrected chi connectivity index (χ0v) is 16.1. The van der Waals surface area contributed by atoms with Crippen LogP contribution in [0.1, 0.15) is 12.5 Å². The Kier molecular flexibility index (Phi) is 5.12. The quantitative estimate of drug-likeness (QED) is 0.233. The normalized spacial score (nSPS) is 11.6. The van der Waals surface area contributed by atoms with Gasteiger partial charge in [-0.1, -0.05) is 42.5 Å². The van der Waals surface area contributed by atoms with Crippen molar-refractivity contribution in [1.29, 1.82) is 0 Å². The van der Waals surface area contributed by atoms with Gasteiger partial charge in [0.05, 0.1) is 11.9 Å². The van der Waals surface area contributed by atoms with E-state index in [0.29, 0.717) is 5.88 Å². The summed E-state index contributed by atoms with van der Waals surface area (Å²) in [5.41, 5.74) is 4.62. The molecule has 0 aliphatic carbocycles. The number of halogens is 1. The summed E-state index contributed by atoms with van der Waals surface area (Å²) in [5.74, 6) is 0.597. The summed E-state index contributed by atoms with van der Waals surface area (Å²) in [4.78, 5) is 0. The molecule has 0 N–H and O–H groups in total. The molecule has 0 radical (unpaired) electrons. The minimum Gasteiger partial charge on any atom is -0.339 e. The van der Waals surface area contributed by atoms with Gasteiger partial charge in [-0.2, -0.15) is 5.10 Å². The van der Waals surface area contributed by atoms with Crippen LogP contribution in [0, 0.1) is 0 Å². The highest BCUT2D eigenvalue weighted by atomic mass is 35.5. The fraction of sp³-hybridized carbons (Fsp3) is 0.174. The fourth-order valence-corrected chi connectivity index (χ4v) is 3.71. The third kappa shape index (κ3) is 3.43. The molecule has 0 bridgehead atoms. The molecular weight excluding hydrogens is 354 g/mol. The highest BCUT2D eigenvalue weighted by molar-refractivity contribution is 6.18. The maximum atomic E-state index is 6.04. The number of aromatic nitrogens is 1. The molecule has 1 heterocycles. The van der Waals surface area contributed by atoms with E-state index in [2.05, 4.69) is 66.1 Å². The number of benzene rings is 3. The van der Waals surface area contributed by atoms with Crippen LogP contribution in [0.15, 0.2) is 77.9 Å². The summed E-state index contributed by atoms with van der Waals surface area (Å²) in [5, 5.41) is 9.19. The van der Waals surface area contributed by atoms with Gasteiger partial charge in [-0.3, -0.25) is 5.01 Å². The minimum absolute atomic E-state index is 0.597. The Labute approximate surface area is 164 Å². The number of hydrazone groups is 1. The maximum Gasteiger partial charge on any atom is 0.0593 e. The van der Waals surface area contributed by atoms with Crippen molar-refractivity contribution in [2.75, 3.05) is 17.4 Å². The lowest BCUT2D eigenvalue weighted by Gasteiger charge is -2.16. The first kappa shape index (κ1) is 17.6. The van der Waals surface area contributed by atoms with Gasteiger partial charge in [-0.05, 0) is 42.8 Å². The van der Waals surface area contributed by atoms with E-state index in [1.54, 1.807) is 0 Å². The van der Waals surface area contributed by atoms with Gasteiger partial charge >= 0.3 is 0 Å². The van der Waals surface area contributed by atoms with Gasteiger partial charge in [0.1, 0.15) is 0 Å². The van der Waals surface area contributed by atoms with E-state index >= 15 is 0 Å². The van der Waals surface area contributed by atoms with Gasteiger partial charge in [-0.25, -0.2) is 0 Å². The van der Waals surface area contributed by atoms with Gasteiger partial charge in [0.2, 0.25) is 0 Å². The molecule has 0 atom stereocenters. The molecule has 0 spiro atoms. The van der Waals surface area contributed by atoms with Gasteiger partial charge in [0, 0.05) is 40.8 Å². The van der Waals surface area contributed by atoms with E-state index in [-0.39, 0.29) is 0 Å². The number of rotatable bonds is 6. The van der Waals surface area contributed by atoms with Crippen molar-refractivity contribution >= 4 is 45.3 Å². The number of anilines is 1. The maximum absolute atomic E-state index is 6.04. The predicted molar refractivity (Wildman–Crippen MR) is 117 cm³/mol. The summed E-state index contributed by atoms with van der Waals surface area (Å²) >= 11 is 6.04. The van der Waals surface area contributed by atoms with E-state index < -0.39 is 0 Å². The smallest absolute Gasteiger partial charge is 0.0593 e. The Morgan fingerprint density at radius 1 is 0.926 bits per heavy atom. The third-order valence-electron chi connectivity index (χ3n) is 4.80. The molecule has 4 aromatic rings. The van der Waals surface area contributed by atoms with Crippen molar-refractivity contribution in [3.63, 3.8) is 0 Å². The van der Waals surface area contributed by atoms with Crippen LogP contribution in [0.5, 0.6) is 0 Å². The van der Waals surface area contributed by atoms with Gasteiger partial charge in [0.25, 0.3) is 0 Å². The summed E-state index contributed by atoms with van der Waals surface area (Å²) in [6.45, 7) is 3.72. The SMILES string of the molecule is CCN(N=Cc1ccc2c(c1)c1ccccc1n2CCCl)c1ccccc1. The molecule has 0 saturated carbocycles. The van der Waals surface area contributed by atoms with E-state index in [1.165, 1.54) is 21.8 Å². The number of fused-ring (bicyclic) bond motifs is 3. The average Bonchev–Trinajstić information content (AvgIpc) is 3.03. The van der Waals surface area contributed by atoms with Crippen molar-refractivity contribution in [2.24, 2.45) is 5.10 Å². The van der Waals surface area contributed by atoms with E-state index in [1.807, 2.05) is 29.4 Å². The van der Waals surface area contributed by atoms with Crippen LogP contribution in [0.4, 0.5) is 5.69 Å². The number of nitrogens with zero attached hydrogens (tertiary/aromatic N) is 3. The van der Waals surface area contributed by atoms with Crippen LogP contribution >= 0.6 is 11.6 Å². The van der Waals surface area contributed by atoms with Crippen LogP contribution in [0.3, 0.4) is 0 Å². The lowest BCUT2D eigenvalue weighted by Crippen LogP contribution is -2.15. The highest BCUT2D eigenvalue weighted by Crippen LogP contribution is 2.29. The number of hydrogen-bond donors (Lipinski definition) is 0. The second-order valence-electron chi connectivity index (χ2n) is 6.43. The Morgan fingerprint density at radius 2 is 1.67 bits per heavy atom. The van der Waals surface area contributed by atoms with Crippen molar-refractivity contribution in [3.05, 3.63) is 78.4 Å². The molecule has 0 fully saturated rings. The Bertz CT molecular complexity index is 1080. The zero-order valence-electron chi connectivity index (χ0n) is 15.3. The van der Waals surface area contributed by atoms with Crippen LogP contribution in [-0.4, -0.2) is 23.2 Å². The second-order valence-corrected chi connectivity index (χ2v) is 6.81. The molecule has 136 valence electrons. The molecule has 0 saturated heterocycles. The van der Waals surface area contributed by atoms with Crippen LogP contribution in [0.2, 0.25) is 0 Å². The third-order valence-corrected chi connectivity index (χ3v) is 4.97. The van der Waals surface area contributed by atoms with Crippen molar-refractivity contribution in [1.82, 2.24) is 4.57 Å². The molecule has 27 heavy (non-hydrogen) atoms.